The van der Waals surface area contributed by atoms with Crippen LogP contribution in [0.15, 0.2) is 18.2 Å². The van der Waals surface area contributed by atoms with Gasteiger partial charge < -0.3 is 0 Å². The normalized spacial score (nSPS) is 21.8. The average molecular weight is 167 g/mol. The number of aryl methyl sites for hydroxylation is 2. The van der Waals surface area contributed by atoms with Gasteiger partial charge in [0.25, 0.3) is 0 Å². The predicted molar refractivity (Wildman–Crippen MR) is 48.1 cm³/mol. The highest BCUT2D eigenvalue weighted by Crippen LogP contribution is 2.35. The monoisotopic (exact) mass is 166 g/mol. The van der Waals surface area contributed by atoms with E-state index in [0.717, 1.165) is 12.8 Å². The minimum absolute atomic E-state index is 0.269. The van der Waals surface area contributed by atoms with Gasteiger partial charge in [0, 0.05) is 0 Å². The summed E-state index contributed by atoms with van der Waals surface area (Å²) in [6.07, 6.45) is 2.27. The Morgan fingerprint density at radius 2 is 2.27 bits per heavy atom. The van der Waals surface area contributed by atoms with Gasteiger partial charge in [0.15, 0.2) is 0 Å². The first-order chi connectivity index (χ1) is 5.27. The highest BCUT2D eigenvalue weighted by atomic mass is 35.5. The van der Waals surface area contributed by atoms with Crippen LogP contribution in [-0.4, -0.2) is 0 Å². The van der Waals surface area contributed by atoms with Crippen molar-refractivity contribution < 1.29 is 0 Å². The van der Waals surface area contributed by atoms with Crippen molar-refractivity contribution in [3.05, 3.63) is 34.9 Å². The Morgan fingerprint density at radius 1 is 1.45 bits per heavy atom. The zero-order chi connectivity index (χ0) is 7.84. The Hall–Kier alpha value is -0.490. The summed E-state index contributed by atoms with van der Waals surface area (Å²) >= 11 is 6.10. The molecule has 1 aliphatic rings. The number of hydrogen-bond donors (Lipinski definition) is 0. The molecular formula is C10H11Cl. The van der Waals surface area contributed by atoms with Crippen molar-refractivity contribution in [3.63, 3.8) is 0 Å². The molecule has 1 aliphatic carbocycles. The molecule has 2 rings (SSSR count). The molecule has 0 heterocycles. The molecule has 0 saturated carbocycles. The molecule has 0 spiro atoms. The van der Waals surface area contributed by atoms with Crippen LogP contribution in [0.4, 0.5) is 0 Å². The zero-order valence-electron chi connectivity index (χ0n) is 6.60. The summed E-state index contributed by atoms with van der Waals surface area (Å²) in [5.74, 6) is 0. The van der Waals surface area contributed by atoms with Crippen LogP contribution in [0.25, 0.3) is 0 Å². The van der Waals surface area contributed by atoms with Gasteiger partial charge in [-0.3, -0.25) is 0 Å². The highest BCUT2D eigenvalue weighted by molar-refractivity contribution is 6.21. The Morgan fingerprint density at radius 3 is 3.09 bits per heavy atom. The Bertz CT molecular complexity index is 278. The molecule has 0 amide bonds. The number of benzene rings is 1. The second-order valence-corrected chi connectivity index (χ2v) is 3.74. The van der Waals surface area contributed by atoms with E-state index in [1.54, 1.807) is 0 Å². The molecule has 0 fully saturated rings. The Kier molecular flexibility index (Phi) is 1.65. The van der Waals surface area contributed by atoms with Crippen LogP contribution in [0.1, 0.15) is 28.5 Å². The molecular weight excluding hydrogens is 156 g/mol. The van der Waals surface area contributed by atoms with Crippen molar-refractivity contribution in [3.8, 4) is 0 Å². The molecule has 0 aliphatic heterocycles. The molecule has 0 N–H and O–H groups in total. The molecule has 1 atom stereocenters. The van der Waals surface area contributed by atoms with Crippen molar-refractivity contribution in [2.75, 3.05) is 0 Å². The van der Waals surface area contributed by atoms with E-state index >= 15 is 0 Å². The summed E-state index contributed by atoms with van der Waals surface area (Å²) < 4.78 is 0. The smallest absolute Gasteiger partial charge is 0.0591 e. The Balaban J connectivity index is 2.50. The van der Waals surface area contributed by atoms with E-state index in [1.165, 1.54) is 16.7 Å². The number of fused-ring (bicyclic) bond motifs is 1. The molecule has 0 saturated heterocycles. The first-order valence-corrected chi connectivity index (χ1v) is 4.44. The van der Waals surface area contributed by atoms with Gasteiger partial charge in [0.05, 0.1) is 5.38 Å². The molecule has 0 bridgehead atoms. The maximum atomic E-state index is 6.10. The maximum absolute atomic E-state index is 6.10. The second-order valence-electron chi connectivity index (χ2n) is 3.21. The molecule has 1 unspecified atom stereocenters. The number of hydrogen-bond acceptors (Lipinski definition) is 0. The van der Waals surface area contributed by atoms with Crippen LogP contribution in [0, 0.1) is 6.92 Å². The van der Waals surface area contributed by atoms with Crippen LogP contribution in [-0.2, 0) is 6.42 Å². The third kappa shape index (κ3) is 1.16. The van der Waals surface area contributed by atoms with E-state index in [-0.39, 0.29) is 5.38 Å². The summed E-state index contributed by atoms with van der Waals surface area (Å²) in [7, 11) is 0. The summed E-state index contributed by atoms with van der Waals surface area (Å²) in [6.45, 7) is 2.13. The standard InChI is InChI=1S/C10H11Cl/c1-7-2-4-9-8(6-7)3-5-10(9)11/h2,4,6,10H,3,5H2,1H3. The molecule has 0 nitrogen and oxygen atoms in total. The lowest BCUT2D eigenvalue weighted by Gasteiger charge is -2.02. The van der Waals surface area contributed by atoms with Crippen molar-refractivity contribution in [1.29, 1.82) is 0 Å². The van der Waals surface area contributed by atoms with E-state index < -0.39 is 0 Å². The van der Waals surface area contributed by atoms with Gasteiger partial charge in [-0.05, 0) is 30.9 Å². The average Bonchev–Trinajstić information content (AvgIpc) is 2.32. The number of halogens is 1. The summed E-state index contributed by atoms with van der Waals surface area (Å²) in [6, 6.07) is 6.55. The maximum Gasteiger partial charge on any atom is 0.0591 e. The third-order valence-electron chi connectivity index (χ3n) is 2.30. The van der Waals surface area contributed by atoms with E-state index in [1.807, 2.05) is 0 Å². The van der Waals surface area contributed by atoms with Gasteiger partial charge in [0.1, 0.15) is 0 Å². The molecule has 11 heavy (non-hydrogen) atoms. The largest absolute Gasteiger partial charge is 0.118 e. The van der Waals surface area contributed by atoms with Gasteiger partial charge in [-0.1, -0.05) is 23.8 Å². The molecule has 0 aromatic heterocycles. The molecule has 1 aromatic rings. The lowest BCUT2D eigenvalue weighted by molar-refractivity contribution is 0.882. The second kappa shape index (κ2) is 2.53. The van der Waals surface area contributed by atoms with Crippen molar-refractivity contribution in [1.82, 2.24) is 0 Å². The lowest BCUT2D eigenvalue weighted by Crippen LogP contribution is -1.83. The van der Waals surface area contributed by atoms with Gasteiger partial charge in [-0.25, -0.2) is 0 Å². The molecule has 58 valence electrons. The van der Waals surface area contributed by atoms with Crippen LogP contribution in [0.5, 0.6) is 0 Å². The van der Waals surface area contributed by atoms with Crippen molar-refractivity contribution in [2.45, 2.75) is 25.1 Å². The van der Waals surface area contributed by atoms with Crippen LogP contribution >= 0.6 is 11.6 Å². The van der Waals surface area contributed by atoms with Gasteiger partial charge in [-0.15, -0.1) is 11.6 Å². The first-order valence-electron chi connectivity index (χ1n) is 4.01. The fourth-order valence-corrected chi connectivity index (χ4v) is 2.02. The first kappa shape index (κ1) is 7.17. The van der Waals surface area contributed by atoms with Gasteiger partial charge >= 0.3 is 0 Å². The SMILES string of the molecule is Cc1ccc2c(c1)CCC2Cl. The quantitative estimate of drug-likeness (QED) is 0.520. The lowest BCUT2D eigenvalue weighted by atomic mass is 10.1. The van der Waals surface area contributed by atoms with Gasteiger partial charge in [-0.2, -0.15) is 0 Å². The highest BCUT2D eigenvalue weighted by Gasteiger charge is 2.19. The summed E-state index contributed by atoms with van der Waals surface area (Å²) in [4.78, 5) is 0. The van der Waals surface area contributed by atoms with Crippen LogP contribution in [0.3, 0.4) is 0 Å². The van der Waals surface area contributed by atoms with E-state index in [4.69, 9.17) is 11.6 Å². The molecule has 1 aromatic carbocycles. The van der Waals surface area contributed by atoms with Crippen molar-refractivity contribution >= 4 is 11.6 Å². The molecule has 0 radical (unpaired) electrons. The Labute approximate surface area is 72.2 Å². The number of rotatable bonds is 0. The zero-order valence-corrected chi connectivity index (χ0v) is 7.36. The fraction of sp³-hybridized carbons (Fsp3) is 0.400. The fourth-order valence-electron chi connectivity index (χ4n) is 1.69. The molecule has 1 heteroatoms. The van der Waals surface area contributed by atoms with E-state index in [9.17, 15) is 0 Å². The van der Waals surface area contributed by atoms with Crippen LogP contribution < -0.4 is 0 Å². The third-order valence-corrected chi connectivity index (χ3v) is 2.76. The van der Waals surface area contributed by atoms with Gasteiger partial charge in [0.2, 0.25) is 0 Å². The minimum atomic E-state index is 0.269. The predicted octanol–water partition coefficient (Wildman–Crippen LogP) is 3.22. The number of alkyl halides is 1. The van der Waals surface area contributed by atoms with Crippen molar-refractivity contribution in [2.24, 2.45) is 0 Å². The van der Waals surface area contributed by atoms with E-state index in [0.29, 0.717) is 0 Å². The summed E-state index contributed by atoms with van der Waals surface area (Å²) in [5, 5.41) is 0.269. The minimum Gasteiger partial charge on any atom is -0.118 e. The van der Waals surface area contributed by atoms with Crippen LogP contribution in [0.2, 0.25) is 0 Å². The topological polar surface area (TPSA) is 0 Å². The summed E-state index contributed by atoms with van der Waals surface area (Å²) in [5.41, 5.74) is 4.14. The van der Waals surface area contributed by atoms with E-state index in [2.05, 4.69) is 25.1 Å².